The summed E-state index contributed by atoms with van der Waals surface area (Å²) in [4.78, 5) is 14.4. The standard InChI is InChI=1S/C15H22N6S/c1-20(14-11-2-6-17-13(11)18-10-19-14)12-8-21(22-7-5-16)9-15(12)3-4-15/h2,6,10,12H,3-5,7-9,16H2,1H3,(H,17,18,19). The van der Waals surface area contributed by atoms with Crippen LogP contribution in [-0.2, 0) is 0 Å². The van der Waals surface area contributed by atoms with Gasteiger partial charge in [0.05, 0.1) is 11.4 Å². The molecule has 1 saturated heterocycles. The lowest BCUT2D eigenvalue weighted by Gasteiger charge is -2.30. The molecule has 3 heterocycles. The molecule has 0 amide bonds. The Morgan fingerprint density at radius 3 is 3.14 bits per heavy atom. The second-order valence-corrected chi connectivity index (χ2v) is 7.55. The zero-order valence-corrected chi connectivity index (χ0v) is 13.6. The highest BCUT2D eigenvalue weighted by atomic mass is 32.2. The molecule has 2 aliphatic rings. The molecule has 2 aromatic heterocycles. The van der Waals surface area contributed by atoms with Gasteiger partial charge in [-0.15, -0.1) is 0 Å². The minimum absolute atomic E-state index is 0.448. The number of rotatable bonds is 5. The van der Waals surface area contributed by atoms with E-state index in [4.69, 9.17) is 5.73 Å². The molecule has 0 bridgehead atoms. The maximum atomic E-state index is 5.65. The van der Waals surface area contributed by atoms with E-state index in [0.29, 0.717) is 11.5 Å². The van der Waals surface area contributed by atoms with Crippen LogP contribution in [0, 0.1) is 5.41 Å². The number of aromatic amines is 1. The van der Waals surface area contributed by atoms with Crippen LogP contribution in [0.1, 0.15) is 12.8 Å². The number of hydrogen-bond donors (Lipinski definition) is 2. The van der Waals surface area contributed by atoms with Crippen LogP contribution in [-0.4, -0.2) is 57.7 Å². The highest BCUT2D eigenvalue weighted by Crippen LogP contribution is 2.56. The van der Waals surface area contributed by atoms with Crippen molar-refractivity contribution in [2.45, 2.75) is 18.9 Å². The van der Waals surface area contributed by atoms with Crippen LogP contribution in [0.2, 0.25) is 0 Å². The fourth-order valence-electron chi connectivity index (χ4n) is 3.66. The number of nitrogens with two attached hydrogens (primary N) is 1. The zero-order valence-electron chi connectivity index (χ0n) is 12.8. The molecule has 1 aliphatic carbocycles. The molecule has 2 aromatic rings. The summed E-state index contributed by atoms with van der Waals surface area (Å²) in [5, 5.41) is 1.11. The first-order chi connectivity index (χ1) is 10.7. The second-order valence-electron chi connectivity index (χ2n) is 6.37. The Labute approximate surface area is 134 Å². The van der Waals surface area contributed by atoms with Gasteiger partial charge < -0.3 is 15.6 Å². The smallest absolute Gasteiger partial charge is 0.142 e. The van der Waals surface area contributed by atoms with Crippen molar-refractivity contribution in [1.82, 2.24) is 19.3 Å². The van der Waals surface area contributed by atoms with Gasteiger partial charge in [-0.1, -0.05) is 11.9 Å². The van der Waals surface area contributed by atoms with Gasteiger partial charge in [0, 0.05) is 44.0 Å². The third-order valence-corrected chi connectivity index (χ3v) is 6.05. The number of likely N-dealkylation sites (N-methyl/N-ethyl adjacent to an activating group) is 1. The molecule has 7 heteroatoms. The van der Waals surface area contributed by atoms with Crippen LogP contribution in [0.3, 0.4) is 0 Å². The Morgan fingerprint density at radius 2 is 2.36 bits per heavy atom. The SMILES string of the molecule is CN(c1ncnc2[nH]ccc12)C1CN(SCCN)CC12CC2. The first kappa shape index (κ1) is 14.3. The lowest BCUT2D eigenvalue weighted by molar-refractivity contribution is 0.470. The van der Waals surface area contributed by atoms with Crippen LogP contribution in [0.5, 0.6) is 0 Å². The first-order valence-corrected chi connectivity index (χ1v) is 8.77. The Morgan fingerprint density at radius 1 is 1.50 bits per heavy atom. The average molecular weight is 318 g/mol. The summed E-state index contributed by atoms with van der Waals surface area (Å²) in [6.45, 7) is 3.00. The molecular formula is C15H22N6S. The molecule has 1 unspecified atom stereocenters. The number of aromatic nitrogens is 3. The summed E-state index contributed by atoms with van der Waals surface area (Å²) in [6.07, 6.45) is 6.23. The van der Waals surface area contributed by atoms with Gasteiger partial charge in [0.15, 0.2) is 0 Å². The van der Waals surface area contributed by atoms with Gasteiger partial charge in [-0.3, -0.25) is 0 Å². The van der Waals surface area contributed by atoms with Crippen molar-refractivity contribution >= 4 is 28.8 Å². The Bertz CT molecular complexity index is 667. The molecule has 2 fully saturated rings. The lowest BCUT2D eigenvalue weighted by atomic mass is 9.99. The highest BCUT2D eigenvalue weighted by molar-refractivity contribution is 7.97. The average Bonchev–Trinajstić information content (AvgIpc) is 2.98. The number of nitrogens with one attached hydrogen (secondary N) is 1. The number of nitrogens with zero attached hydrogens (tertiary/aromatic N) is 4. The first-order valence-electron chi connectivity index (χ1n) is 7.82. The van der Waals surface area contributed by atoms with Crippen molar-refractivity contribution in [3.63, 3.8) is 0 Å². The summed E-state index contributed by atoms with van der Waals surface area (Å²) < 4.78 is 2.50. The summed E-state index contributed by atoms with van der Waals surface area (Å²) >= 11 is 1.89. The second kappa shape index (κ2) is 5.40. The van der Waals surface area contributed by atoms with E-state index in [0.717, 1.165) is 35.7 Å². The van der Waals surface area contributed by atoms with E-state index >= 15 is 0 Å². The molecule has 0 radical (unpaired) electrons. The van der Waals surface area contributed by atoms with Gasteiger partial charge in [-0.05, 0) is 18.9 Å². The molecule has 1 aliphatic heterocycles. The quantitative estimate of drug-likeness (QED) is 0.813. The molecule has 22 heavy (non-hydrogen) atoms. The van der Waals surface area contributed by atoms with Crippen molar-refractivity contribution in [2.75, 3.05) is 37.3 Å². The fourth-order valence-corrected chi connectivity index (χ4v) is 4.62. The molecule has 118 valence electrons. The molecule has 3 N–H and O–H groups in total. The van der Waals surface area contributed by atoms with Gasteiger partial charge in [0.1, 0.15) is 17.8 Å². The van der Waals surface area contributed by atoms with E-state index in [1.54, 1.807) is 6.33 Å². The number of anilines is 1. The fraction of sp³-hybridized carbons (Fsp3) is 0.600. The van der Waals surface area contributed by atoms with Gasteiger partial charge in [-0.2, -0.15) is 0 Å². The van der Waals surface area contributed by atoms with Crippen molar-refractivity contribution in [3.05, 3.63) is 18.6 Å². The Balaban J connectivity index is 1.60. The largest absolute Gasteiger partial charge is 0.354 e. The van der Waals surface area contributed by atoms with Gasteiger partial charge in [0.2, 0.25) is 0 Å². The predicted octanol–water partition coefficient (Wildman–Crippen LogP) is 1.47. The molecular weight excluding hydrogens is 296 g/mol. The van der Waals surface area contributed by atoms with E-state index in [9.17, 15) is 0 Å². The minimum atomic E-state index is 0.448. The van der Waals surface area contributed by atoms with Crippen molar-refractivity contribution in [2.24, 2.45) is 11.1 Å². The third-order valence-electron chi connectivity index (χ3n) is 4.99. The summed E-state index contributed by atoms with van der Waals surface area (Å²) in [7, 11) is 2.18. The third kappa shape index (κ3) is 2.28. The molecule has 1 saturated carbocycles. The molecule has 0 aromatic carbocycles. The van der Waals surface area contributed by atoms with E-state index in [1.165, 1.54) is 19.4 Å². The minimum Gasteiger partial charge on any atom is -0.354 e. The van der Waals surface area contributed by atoms with Gasteiger partial charge in [-0.25, -0.2) is 14.3 Å². The molecule has 1 spiro atoms. The van der Waals surface area contributed by atoms with Crippen LogP contribution >= 0.6 is 11.9 Å². The van der Waals surface area contributed by atoms with Crippen LogP contribution < -0.4 is 10.6 Å². The maximum Gasteiger partial charge on any atom is 0.142 e. The number of H-pyrrole nitrogens is 1. The van der Waals surface area contributed by atoms with Crippen LogP contribution in [0.4, 0.5) is 5.82 Å². The molecule has 6 nitrogen and oxygen atoms in total. The zero-order chi connectivity index (χ0) is 15.2. The van der Waals surface area contributed by atoms with Crippen LogP contribution in [0.25, 0.3) is 11.0 Å². The predicted molar refractivity (Wildman–Crippen MR) is 90.8 cm³/mol. The van der Waals surface area contributed by atoms with Crippen molar-refractivity contribution in [3.8, 4) is 0 Å². The van der Waals surface area contributed by atoms with E-state index in [-0.39, 0.29) is 0 Å². The number of hydrogen-bond acceptors (Lipinski definition) is 6. The molecule has 1 atom stereocenters. The topological polar surface area (TPSA) is 74.1 Å². The van der Waals surface area contributed by atoms with Crippen LogP contribution in [0.15, 0.2) is 18.6 Å². The highest BCUT2D eigenvalue weighted by Gasteiger charge is 2.56. The summed E-state index contributed by atoms with van der Waals surface area (Å²) in [5.74, 6) is 2.04. The van der Waals surface area contributed by atoms with E-state index in [1.807, 2.05) is 18.1 Å². The molecule has 4 rings (SSSR count). The summed E-state index contributed by atoms with van der Waals surface area (Å²) in [6, 6.07) is 2.59. The normalized spacial score (nSPS) is 23.5. The van der Waals surface area contributed by atoms with Crippen molar-refractivity contribution in [1.29, 1.82) is 0 Å². The van der Waals surface area contributed by atoms with Crippen molar-refractivity contribution < 1.29 is 0 Å². The van der Waals surface area contributed by atoms with E-state index < -0.39 is 0 Å². The monoisotopic (exact) mass is 318 g/mol. The Hall–Kier alpha value is -1.31. The Kier molecular flexibility index (Phi) is 3.51. The summed E-state index contributed by atoms with van der Waals surface area (Å²) in [5.41, 5.74) is 7.01. The maximum absolute atomic E-state index is 5.65. The van der Waals surface area contributed by atoms with E-state index in [2.05, 4.69) is 37.3 Å². The van der Waals surface area contributed by atoms with Gasteiger partial charge in [0.25, 0.3) is 0 Å². The lowest BCUT2D eigenvalue weighted by Crippen LogP contribution is -2.39. The number of fused-ring (bicyclic) bond motifs is 1. The van der Waals surface area contributed by atoms with Gasteiger partial charge >= 0.3 is 0 Å².